The number of benzene rings is 1. The molecule has 0 radical (unpaired) electrons. The van der Waals surface area contributed by atoms with E-state index in [0.717, 1.165) is 25.9 Å². The lowest BCUT2D eigenvalue weighted by Gasteiger charge is -2.32. The predicted molar refractivity (Wildman–Crippen MR) is 95.6 cm³/mol. The van der Waals surface area contributed by atoms with E-state index in [1.807, 2.05) is 19.1 Å². The number of nitrogens with one attached hydrogen (secondary N) is 2. The number of para-hydroxylation sites is 2. The van der Waals surface area contributed by atoms with Crippen molar-refractivity contribution >= 4 is 23.5 Å². The molecule has 2 heterocycles. The molecule has 0 aliphatic carbocycles. The fourth-order valence-corrected chi connectivity index (χ4v) is 3.06. The van der Waals surface area contributed by atoms with Crippen molar-refractivity contribution in [2.45, 2.75) is 38.6 Å². The molecule has 2 aliphatic heterocycles. The Bertz CT molecular complexity index is 668. The van der Waals surface area contributed by atoms with Crippen molar-refractivity contribution in [1.29, 1.82) is 0 Å². The average Bonchev–Trinajstić information content (AvgIpc) is 2.64. The Kier molecular flexibility index (Phi) is 5.53. The number of guanidine groups is 1. The molecule has 134 valence electrons. The topological polar surface area (TPSA) is 83.0 Å². The SMILES string of the molecule is CCOc1ccccc1NC(=O)[C@H]1CC(=O)NC(N2CCCCC2)=N1. The van der Waals surface area contributed by atoms with E-state index in [-0.39, 0.29) is 18.2 Å². The van der Waals surface area contributed by atoms with Gasteiger partial charge in [-0.1, -0.05) is 12.1 Å². The predicted octanol–water partition coefficient (Wildman–Crippen LogP) is 1.75. The summed E-state index contributed by atoms with van der Waals surface area (Å²) in [5.41, 5.74) is 0.593. The van der Waals surface area contributed by atoms with Crippen LogP contribution in [-0.4, -0.2) is 48.4 Å². The van der Waals surface area contributed by atoms with Crippen LogP contribution >= 0.6 is 0 Å². The van der Waals surface area contributed by atoms with Crippen LogP contribution < -0.4 is 15.4 Å². The lowest BCUT2D eigenvalue weighted by molar-refractivity contribution is -0.125. The molecule has 0 unspecified atom stereocenters. The molecule has 7 heteroatoms. The number of ether oxygens (including phenoxy) is 1. The summed E-state index contributed by atoms with van der Waals surface area (Å²) in [6.45, 7) is 4.12. The Morgan fingerprint density at radius 2 is 2.08 bits per heavy atom. The van der Waals surface area contributed by atoms with Crippen LogP contribution in [0.5, 0.6) is 5.75 Å². The number of likely N-dealkylation sites (tertiary alicyclic amines) is 1. The van der Waals surface area contributed by atoms with Gasteiger partial charge in [0.05, 0.1) is 18.7 Å². The van der Waals surface area contributed by atoms with Gasteiger partial charge < -0.3 is 15.0 Å². The number of hydrogen-bond acceptors (Lipinski definition) is 5. The summed E-state index contributed by atoms with van der Waals surface area (Å²) in [7, 11) is 0. The first kappa shape index (κ1) is 17.3. The van der Waals surface area contributed by atoms with Gasteiger partial charge in [0, 0.05) is 13.1 Å². The first-order chi connectivity index (χ1) is 12.2. The monoisotopic (exact) mass is 344 g/mol. The van der Waals surface area contributed by atoms with Crippen molar-refractivity contribution in [2.24, 2.45) is 4.99 Å². The van der Waals surface area contributed by atoms with Crippen LogP contribution in [0.2, 0.25) is 0 Å². The van der Waals surface area contributed by atoms with Gasteiger partial charge in [0.2, 0.25) is 17.8 Å². The van der Waals surface area contributed by atoms with E-state index in [4.69, 9.17) is 4.74 Å². The summed E-state index contributed by atoms with van der Waals surface area (Å²) < 4.78 is 5.52. The number of carbonyl (C=O) groups excluding carboxylic acids is 2. The van der Waals surface area contributed by atoms with Gasteiger partial charge in [-0.05, 0) is 38.3 Å². The molecule has 1 atom stereocenters. The number of anilines is 1. The minimum atomic E-state index is -0.722. The summed E-state index contributed by atoms with van der Waals surface area (Å²) in [5, 5.41) is 5.64. The quantitative estimate of drug-likeness (QED) is 0.872. The largest absolute Gasteiger partial charge is 0.492 e. The van der Waals surface area contributed by atoms with Crippen molar-refractivity contribution in [1.82, 2.24) is 10.2 Å². The molecule has 2 amide bonds. The number of piperidine rings is 1. The average molecular weight is 344 g/mol. The van der Waals surface area contributed by atoms with Gasteiger partial charge >= 0.3 is 0 Å². The minimum absolute atomic E-state index is 0.0555. The van der Waals surface area contributed by atoms with Crippen molar-refractivity contribution < 1.29 is 14.3 Å². The number of nitrogens with zero attached hydrogens (tertiary/aromatic N) is 2. The maximum atomic E-state index is 12.6. The smallest absolute Gasteiger partial charge is 0.249 e. The van der Waals surface area contributed by atoms with E-state index < -0.39 is 6.04 Å². The van der Waals surface area contributed by atoms with E-state index in [1.165, 1.54) is 6.42 Å². The second-order valence-corrected chi connectivity index (χ2v) is 6.19. The van der Waals surface area contributed by atoms with Crippen molar-refractivity contribution in [3.63, 3.8) is 0 Å². The van der Waals surface area contributed by atoms with Gasteiger partial charge in [-0.2, -0.15) is 0 Å². The molecule has 3 rings (SSSR count). The van der Waals surface area contributed by atoms with Crippen molar-refractivity contribution in [3.05, 3.63) is 24.3 Å². The number of hydrogen-bond donors (Lipinski definition) is 2. The summed E-state index contributed by atoms with van der Waals surface area (Å²) in [4.78, 5) is 31.2. The summed E-state index contributed by atoms with van der Waals surface area (Å²) in [6, 6.07) is 6.53. The maximum Gasteiger partial charge on any atom is 0.249 e. The third kappa shape index (κ3) is 4.29. The molecule has 2 aliphatic rings. The van der Waals surface area contributed by atoms with Crippen LogP contribution in [0, 0.1) is 0 Å². The zero-order chi connectivity index (χ0) is 17.6. The molecular formula is C18H24N4O3. The fraction of sp³-hybridized carbons (Fsp3) is 0.500. The second kappa shape index (κ2) is 8.00. The first-order valence-corrected chi connectivity index (χ1v) is 8.82. The van der Waals surface area contributed by atoms with Crippen molar-refractivity contribution in [2.75, 3.05) is 25.0 Å². The molecule has 2 N–H and O–H groups in total. The Balaban J connectivity index is 1.73. The van der Waals surface area contributed by atoms with Gasteiger partial charge in [-0.15, -0.1) is 0 Å². The van der Waals surface area contributed by atoms with Gasteiger partial charge in [-0.3, -0.25) is 14.9 Å². The van der Waals surface area contributed by atoms with Crippen LogP contribution in [0.15, 0.2) is 29.3 Å². The molecule has 1 aromatic carbocycles. The van der Waals surface area contributed by atoms with Crippen LogP contribution in [-0.2, 0) is 9.59 Å². The fourth-order valence-electron chi connectivity index (χ4n) is 3.06. The van der Waals surface area contributed by atoms with Crippen LogP contribution in [0.4, 0.5) is 5.69 Å². The molecule has 0 saturated carbocycles. The number of amides is 2. The summed E-state index contributed by atoms with van der Waals surface area (Å²) in [6.07, 6.45) is 3.40. The van der Waals surface area contributed by atoms with Crippen LogP contribution in [0.3, 0.4) is 0 Å². The lowest BCUT2D eigenvalue weighted by Crippen LogP contribution is -2.51. The Morgan fingerprint density at radius 1 is 1.32 bits per heavy atom. The van der Waals surface area contributed by atoms with Gasteiger partial charge in [0.1, 0.15) is 11.8 Å². The van der Waals surface area contributed by atoms with Gasteiger partial charge in [-0.25, -0.2) is 4.99 Å². The zero-order valence-electron chi connectivity index (χ0n) is 14.5. The van der Waals surface area contributed by atoms with Gasteiger partial charge in [0.25, 0.3) is 0 Å². The normalized spacial score (nSPS) is 20.5. The van der Waals surface area contributed by atoms with E-state index in [2.05, 4.69) is 20.5 Å². The first-order valence-electron chi connectivity index (χ1n) is 8.82. The molecule has 1 fully saturated rings. The van der Waals surface area contributed by atoms with E-state index in [1.54, 1.807) is 12.1 Å². The molecule has 0 spiro atoms. The summed E-state index contributed by atoms with van der Waals surface area (Å²) in [5.74, 6) is 0.665. The lowest BCUT2D eigenvalue weighted by atomic mass is 10.1. The standard InChI is InChI=1S/C18H24N4O3/c1-2-25-15-9-5-4-8-13(15)19-17(24)14-12-16(23)21-18(20-14)22-10-6-3-7-11-22/h4-5,8-9,14H,2-3,6-7,10-12H2,1H3,(H,19,24)(H,20,21,23)/t14-/m1/s1. The highest BCUT2D eigenvalue weighted by molar-refractivity contribution is 6.06. The third-order valence-electron chi connectivity index (χ3n) is 4.31. The highest BCUT2D eigenvalue weighted by Crippen LogP contribution is 2.24. The van der Waals surface area contributed by atoms with Crippen molar-refractivity contribution in [3.8, 4) is 5.75 Å². The van der Waals surface area contributed by atoms with E-state index >= 15 is 0 Å². The Morgan fingerprint density at radius 3 is 2.84 bits per heavy atom. The zero-order valence-corrected chi connectivity index (χ0v) is 14.5. The highest BCUT2D eigenvalue weighted by atomic mass is 16.5. The summed E-state index contributed by atoms with van der Waals surface area (Å²) >= 11 is 0. The molecule has 1 aromatic rings. The number of aliphatic imine (C=N–C) groups is 1. The molecule has 7 nitrogen and oxygen atoms in total. The van der Waals surface area contributed by atoms with Gasteiger partial charge in [0.15, 0.2) is 0 Å². The third-order valence-corrected chi connectivity index (χ3v) is 4.31. The Labute approximate surface area is 147 Å². The minimum Gasteiger partial charge on any atom is -0.492 e. The molecule has 0 aromatic heterocycles. The molecular weight excluding hydrogens is 320 g/mol. The number of rotatable bonds is 4. The van der Waals surface area contributed by atoms with E-state index in [0.29, 0.717) is 24.0 Å². The molecule has 1 saturated heterocycles. The highest BCUT2D eigenvalue weighted by Gasteiger charge is 2.30. The molecule has 0 bridgehead atoms. The number of carbonyl (C=O) groups is 2. The van der Waals surface area contributed by atoms with E-state index in [9.17, 15) is 9.59 Å². The maximum absolute atomic E-state index is 12.6. The Hall–Kier alpha value is -2.57. The van der Waals surface area contributed by atoms with Crippen LogP contribution in [0.1, 0.15) is 32.6 Å². The molecule has 25 heavy (non-hydrogen) atoms. The second-order valence-electron chi connectivity index (χ2n) is 6.19. The van der Waals surface area contributed by atoms with Crippen LogP contribution in [0.25, 0.3) is 0 Å².